The summed E-state index contributed by atoms with van der Waals surface area (Å²) in [6.07, 6.45) is 0. The maximum absolute atomic E-state index is 7.00. The molecule has 0 bridgehead atoms. The Hall–Kier alpha value is 0.608. The van der Waals surface area contributed by atoms with Gasteiger partial charge in [0.2, 0.25) is 0 Å². The Bertz CT molecular complexity index is 6.00. The minimum Gasteiger partial charge on any atom is -0.429 e. The van der Waals surface area contributed by atoms with Gasteiger partial charge in [0.1, 0.15) is 0 Å². The van der Waals surface area contributed by atoms with Gasteiger partial charge in [-0.05, 0) is 0 Å². The van der Waals surface area contributed by atoms with Crippen molar-refractivity contribution < 1.29 is 29.5 Å². The van der Waals surface area contributed by atoms with Crippen LogP contribution in [-0.4, -0.2) is 17.7 Å². The minimum atomic E-state index is 0. The Morgan fingerprint density at radius 2 is 1.25 bits per heavy atom. The van der Waals surface area contributed by atoms with Crippen molar-refractivity contribution in [3.8, 4) is 0 Å². The molecule has 0 heterocycles. The topological polar surface area (TPSA) is 40.5 Å². The van der Waals surface area contributed by atoms with Crippen LogP contribution >= 0.6 is 0 Å². The van der Waals surface area contributed by atoms with Crippen LogP contribution in [0, 0.1) is 0 Å². The van der Waals surface area contributed by atoms with Crippen LogP contribution in [0.25, 0.3) is 0 Å². The molecule has 1 radical (unpaired) electrons. The summed E-state index contributed by atoms with van der Waals surface area (Å²) in [6.45, 7) is 0. The Morgan fingerprint density at radius 1 is 1.25 bits per heavy atom. The van der Waals surface area contributed by atoms with E-state index >= 15 is 0 Å². The Balaban J connectivity index is 0. The Labute approximate surface area is 37.9 Å². The van der Waals surface area contributed by atoms with Crippen molar-refractivity contribution >= 4 is 7.69 Å². The van der Waals surface area contributed by atoms with Gasteiger partial charge in [0.15, 0.2) is 0 Å². The molecule has 0 aliphatic carbocycles. The van der Waals surface area contributed by atoms with Gasteiger partial charge in [-0.1, -0.05) is 0 Å². The third-order valence-corrected chi connectivity index (χ3v) is 0. The third-order valence-electron chi connectivity index (χ3n) is 0. The fourth-order valence-electron chi connectivity index (χ4n) is 0. The van der Waals surface area contributed by atoms with Crippen LogP contribution in [0.15, 0.2) is 0 Å². The van der Waals surface area contributed by atoms with Crippen LogP contribution in [0.5, 0.6) is 0 Å². The van der Waals surface area contributed by atoms with E-state index in [0.29, 0.717) is 0 Å². The van der Waals surface area contributed by atoms with E-state index in [1.54, 1.807) is 0 Å². The first-order valence-electron chi connectivity index (χ1n) is 0.516. The summed E-state index contributed by atoms with van der Waals surface area (Å²) < 4.78 is 0. The maximum atomic E-state index is 7.00. The zero-order valence-electron chi connectivity index (χ0n) is 1.83. The van der Waals surface area contributed by atoms with Crippen molar-refractivity contribution in [3.63, 3.8) is 0 Å². The average Bonchev–Trinajstić information content (AvgIpc) is 0.918. The molecule has 0 saturated heterocycles. The molecular weight excluding hydrogens is 144 g/mol. The number of hydrogen-bond acceptors (Lipinski definition) is 2. The molecule has 25 valence electrons. The largest absolute Gasteiger partial charge is 0.482 e. The second-order valence-corrected chi connectivity index (χ2v) is 0.115. The molecule has 0 fully saturated rings. The minimum absolute atomic E-state index is 0. The first kappa shape index (κ1) is 8.82. The van der Waals surface area contributed by atoms with E-state index in [0.717, 1.165) is 0 Å². The van der Waals surface area contributed by atoms with E-state index in [9.17, 15) is 0 Å². The van der Waals surface area contributed by atoms with E-state index in [4.69, 9.17) is 10.0 Å². The van der Waals surface area contributed by atoms with E-state index in [2.05, 4.69) is 0 Å². The zero-order valence-corrected chi connectivity index (χ0v) is 3.56. The first-order valence-corrected chi connectivity index (χ1v) is 0.516. The van der Waals surface area contributed by atoms with E-state index in [1.807, 2.05) is 0 Å². The average molecular weight is 146 g/mol. The molecule has 0 aliphatic rings. The van der Waals surface area contributed by atoms with Gasteiger partial charge in [0.05, 0.1) is 0 Å². The van der Waals surface area contributed by atoms with Crippen LogP contribution in [0.4, 0.5) is 0 Å². The van der Waals surface area contributed by atoms with Crippen LogP contribution in [0.2, 0.25) is 0 Å². The summed E-state index contributed by atoms with van der Waals surface area (Å²) in [6, 6.07) is 0. The van der Waals surface area contributed by atoms with E-state index in [-0.39, 0.29) is 27.2 Å². The molecule has 4 heavy (non-hydrogen) atoms. The van der Waals surface area contributed by atoms with E-state index < -0.39 is 0 Å². The summed E-state index contributed by atoms with van der Waals surface area (Å²) >= 11 is 0. The SMILES string of the molecule is O[B]O.[Ru]. The van der Waals surface area contributed by atoms with Crippen LogP contribution in [0.1, 0.15) is 0 Å². The van der Waals surface area contributed by atoms with Gasteiger partial charge in [0.25, 0.3) is 0 Å². The number of hydrogen-bond donors (Lipinski definition) is 2. The Kier molecular flexibility index (Phi) is 20.9. The quantitative estimate of drug-likeness (QED) is 0.408. The fourth-order valence-corrected chi connectivity index (χ4v) is 0. The predicted molar refractivity (Wildman–Crippen MR) is 10.2 cm³/mol. The molecule has 0 rings (SSSR count). The fraction of sp³-hybridized carbons (Fsp3) is 0. The van der Waals surface area contributed by atoms with Crippen molar-refractivity contribution in [2.75, 3.05) is 0 Å². The third kappa shape index (κ3) is 18.2. The van der Waals surface area contributed by atoms with Gasteiger partial charge in [-0.25, -0.2) is 0 Å². The molecule has 0 aliphatic heterocycles. The van der Waals surface area contributed by atoms with E-state index in [1.165, 1.54) is 0 Å². The molecule has 2 nitrogen and oxygen atoms in total. The molecule has 4 heteroatoms. The summed E-state index contributed by atoms with van der Waals surface area (Å²) in [5, 5.41) is 14.0. The molecule has 2 N–H and O–H groups in total. The van der Waals surface area contributed by atoms with Crippen LogP contribution in [-0.2, 0) is 19.5 Å². The summed E-state index contributed by atoms with van der Waals surface area (Å²) in [5.74, 6) is 0. The second kappa shape index (κ2) is 9.49. The first-order chi connectivity index (χ1) is 1.41. The number of rotatable bonds is 0. The smallest absolute Gasteiger partial charge is 0.429 e. The summed E-state index contributed by atoms with van der Waals surface area (Å²) in [7, 11) is 0. The molecule has 0 aromatic carbocycles. The summed E-state index contributed by atoms with van der Waals surface area (Å²) in [4.78, 5) is 0. The second-order valence-electron chi connectivity index (χ2n) is 0.115. The maximum Gasteiger partial charge on any atom is 0.482 e. The molecule has 0 saturated carbocycles. The monoisotopic (exact) mass is 147 g/mol. The molecule has 0 aromatic heterocycles. The molecule has 0 unspecified atom stereocenters. The molecule has 0 aromatic rings. The van der Waals surface area contributed by atoms with Crippen molar-refractivity contribution in [3.05, 3.63) is 0 Å². The van der Waals surface area contributed by atoms with Crippen molar-refractivity contribution in [2.24, 2.45) is 0 Å². The zero-order chi connectivity index (χ0) is 2.71. The van der Waals surface area contributed by atoms with Gasteiger partial charge in [-0.3, -0.25) is 0 Å². The van der Waals surface area contributed by atoms with Gasteiger partial charge < -0.3 is 10.0 Å². The van der Waals surface area contributed by atoms with Gasteiger partial charge in [-0.2, -0.15) is 0 Å². The molecule has 0 amide bonds. The standard InChI is InChI=1S/BH2O2.Ru/c2-1-3;/h2-3H;. The Morgan fingerprint density at radius 3 is 1.25 bits per heavy atom. The van der Waals surface area contributed by atoms with Gasteiger partial charge in [0, 0.05) is 19.5 Å². The van der Waals surface area contributed by atoms with Crippen molar-refractivity contribution in [1.82, 2.24) is 0 Å². The van der Waals surface area contributed by atoms with Gasteiger partial charge >= 0.3 is 7.69 Å². The molecule has 0 atom stereocenters. The summed E-state index contributed by atoms with van der Waals surface area (Å²) in [5.41, 5.74) is 0. The normalized spacial score (nSPS) is 3.50. The van der Waals surface area contributed by atoms with Crippen molar-refractivity contribution in [1.29, 1.82) is 0 Å². The van der Waals surface area contributed by atoms with Crippen molar-refractivity contribution in [2.45, 2.75) is 0 Å². The van der Waals surface area contributed by atoms with Gasteiger partial charge in [-0.15, -0.1) is 0 Å². The molecular formula is H2BO2Ru. The van der Waals surface area contributed by atoms with Crippen LogP contribution < -0.4 is 0 Å². The van der Waals surface area contributed by atoms with Crippen LogP contribution in [0.3, 0.4) is 0 Å². The predicted octanol–water partition coefficient (Wildman–Crippen LogP) is -1.50. The molecule has 0 spiro atoms.